The average Bonchev–Trinajstić information content (AvgIpc) is 3.06. The van der Waals surface area contributed by atoms with Crippen LogP contribution in [0.25, 0.3) is 10.9 Å². The molecule has 1 fully saturated rings. The van der Waals surface area contributed by atoms with Gasteiger partial charge in [-0.05, 0) is 37.3 Å². The van der Waals surface area contributed by atoms with Crippen LogP contribution in [-0.4, -0.2) is 4.98 Å². The number of nitrogens with one attached hydrogen (secondary N) is 1. The van der Waals surface area contributed by atoms with Crippen molar-refractivity contribution >= 4 is 10.9 Å². The van der Waals surface area contributed by atoms with E-state index in [0.29, 0.717) is 11.4 Å². The van der Waals surface area contributed by atoms with Gasteiger partial charge in [-0.3, -0.25) is 4.79 Å². The van der Waals surface area contributed by atoms with Gasteiger partial charge >= 0.3 is 0 Å². The number of hydrogen-bond donors (Lipinski definition) is 1. The van der Waals surface area contributed by atoms with Gasteiger partial charge in [0, 0.05) is 11.8 Å². The van der Waals surface area contributed by atoms with E-state index in [-0.39, 0.29) is 10.8 Å². The number of halogens is 1. The molecule has 0 saturated heterocycles. The number of benzene rings is 1. The maximum absolute atomic E-state index is 13.6. The van der Waals surface area contributed by atoms with Gasteiger partial charge in [-0.2, -0.15) is 0 Å². The minimum absolute atomic E-state index is 0.185. The molecule has 1 aliphatic rings. The fourth-order valence-electron chi connectivity index (χ4n) is 2.09. The molecule has 1 saturated carbocycles. The van der Waals surface area contributed by atoms with Crippen molar-refractivity contribution in [2.45, 2.75) is 25.7 Å². The molecule has 1 heterocycles. The lowest BCUT2D eigenvalue weighted by atomic mass is 10.1. The number of pyridine rings is 1. The van der Waals surface area contributed by atoms with Crippen LogP contribution >= 0.6 is 0 Å². The summed E-state index contributed by atoms with van der Waals surface area (Å²) in [5.74, 6) is 0.0314. The lowest BCUT2D eigenvalue weighted by Crippen LogP contribution is -2.07. The first kappa shape index (κ1) is 9.58. The quantitative estimate of drug-likeness (QED) is 0.782. The van der Waals surface area contributed by atoms with Crippen molar-refractivity contribution < 1.29 is 4.39 Å². The third-order valence-corrected chi connectivity index (χ3v) is 3.18. The highest BCUT2D eigenvalue weighted by Crippen LogP contribution is 2.39. The summed E-state index contributed by atoms with van der Waals surface area (Å²) in [6.07, 6.45) is 2.24. The molecule has 0 radical (unpaired) electrons. The summed E-state index contributed by atoms with van der Waals surface area (Å²) in [7, 11) is 0. The number of hydrogen-bond acceptors (Lipinski definition) is 1. The largest absolute Gasteiger partial charge is 0.358 e. The first-order valence-electron chi connectivity index (χ1n) is 5.49. The number of fused-ring (bicyclic) bond motifs is 1. The van der Waals surface area contributed by atoms with E-state index in [1.54, 1.807) is 12.1 Å². The Morgan fingerprint density at radius 2 is 2.12 bits per heavy atom. The number of H-pyrrole nitrogens is 1. The standard InChI is InChI=1S/C13H12FNO/c1-7-2-5-9(14)12-11(16)6-10(8-3-4-8)15-13(7)12/h2,5-6,8H,3-4H2,1H3,(H,15,16). The van der Waals surface area contributed by atoms with Crippen molar-refractivity contribution in [1.82, 2.24) is 4.98 Å². The van der Waals surface area contributed by atoms with E-state index in [1.165, 1.54) is 6.07 Å². The van der Waals surface area contributed by atoms with E-state index in [1.807, 2.05) is 6.92 Å². The van der Waals surface area contributed by atoms with Crippen molar-refractivity contribution in [3.8, 4) is 0 Å². The third kappa shape index (κ3) is 1.35. The summed E-state index contributed by atoms with van der Waals surface area (Å²) in [5, 5.41) is 0.185. The van der Waals surface area contributed by atoms with Crippen molar-refractivity contribution in [3.63, 3.8) is 0 Å². The minimum atomic E-state index is -0.441. The fourth-order valence-corrected chi connectivity index (χ4v) is 2.09. The Bertz CT molecular complexity index is 626. The normalized spacial score (nSPS) is 15.6. The minimum Gasteiger partial charge on any atom is -0.358 e. The maximum atomic E-state index is 13.6. The second-order valence-electron chi connectivity index (χ2n) is 4.48. The predicted molar refractivity (Wildman–Crippen MR) is 61.2 cm³/mol. The summed E-state index contributed by atoms with van der Waals surface area (Å²) in [5.41, 5.74) is 2.30. The lowest BCUT2D eigenvalue weighted by Gasteiger charge is -2.06. The molecular weight excluding hydrogens is 205 g/mol. The van der Waals surface area contributed by atoms with Gasteiger partial charge < -0.3 is 4.98 Å². The number of aromatic nitrogens is 1. The van der Waals surface area contributed by atoms with Crippen LogP contribution < -0.4 is 5.43 Å². The number of aryl methyl sites for hydroxylation is 1. The van der Waals surface area contributed by atoms with Crippen LogP contribution in [0.15, 0.2) is 23.0 Å². The molecule has 0 atom stereocenters. The Morgan fingerprint density at radius 1 is 1.38 bits per heavy atom. The molecule has 3 heteroatoms. The highest BCUT2D eigenvalue weighted by molar-refractivity contribution is 5.82. The Kier molecular flexibility index (Phi) is 1.90. The summed E-state index contributed by atoms with van der Waals surface area (Å²) < 4.78 is 13.6. The van der Waals surface area contributed by atoms with Crippen LogP contribution in [0.3, 0.4) is 0 Å². The van der Waals surface area contributed by atoms with Gasteiger partial charge in [0.1, 0.15) is 5.82 Å². The first-order valence-corrected chi connectivity index (χ1v) is 5.49. The lowest BCUT2D eigenvalue weighted by molar-refractivity contribution is 0.638. The molecular formula is C13H12FNO. The molecule has 0 aliphatic heterocycles. The predicted octanol–water partition coefficient (Wildman–Crippen LogP) is 2.85. The van der Waals surface area contributed by atoms with Gasteiger partial charge in [-0.15, -0.1) is 0 Å². The van der Waals surface area contributed by atoms with Crippen molar-refractivity contribution in [3.05, 3.63) is 45.5 Å². The monoisotopic (exact) mass is 217 g/mol. The van der Waals surface area contributed by atoms with Gasteiger partial charge in [0.25, 0.3) is 0 Å². The van der Waals surface area contributed by atoms with Crippen molar-refractivity contribution in [1.29, 1.82) is 0 Å². The summed E-state index contributed by atoms with van der Waals surface area (Å²) >= 11 is 0. The van der Waals surface area contributed by atoms with Crippen LogP contribution in [0.1, 0.15) is 30.0 Å². The molecule has 1 aliphatic carbocycles. The van der Waals surface area contributed by atoms with E-state index in [0.717, 1.165) is 24.1 Å². The molecule has 0 amide bonds. The van der Waals surface area contributed by atoms with Crippen molar-refractivity contribution in [2.75, 3.05) is 0 Å². The molecule has 2 aromatic rings. The molecule has 1 N–H and O–H groups in total. The van der Waals surface area contributed by atoms with Crippen LogP contribution in [-0.2, 0) is 0 Å². The zero-order chi connectivity index (χ0) is 11.3. The van der Waals surface area contributed by atoms with Gasteiger partial charge in [0.05, 0.1) is 10.9 Å². The molecule has 16 heavy (non-hydrogen) atoms. The SMILES string of the molecule is Cc1ccc(F)c2c(=O)cc(C3CC3)[nH]c12. The van der Waals surface area contributed by atoms with E-state index in [2.05, 4.69) is 4.98 Å². The van der Waals surface area contributed by atoms with Gasteiger partial charge in [0.2, 0.25) is 0 Å². The van der Waals surface area contributed by atoms with Gasteiger partial charge in [-0.25, -0.2) is 4.39 Å². The fraction of sp³-hybridized carbons (Fsp3) is 0.308. The van der Waals surface area contributed by atoms with E-state index in [9.17, 15) is 9.18 Å². The Balaban J connectivity index is 2.41. The highest BCUT2D eigenvalue weighted by Gasteiger charge is 2.25. The number of aromatic amines is 1. The van der Waals surface area contributed by atoms with Gasteiger partial charge in [0.15, 0.2) is 5.43 Å². The third-order valence-electron chi connectivity index (χ3n) is 3.18. The second kappa shape index (κ2) is 3.17. The Hall–Kier alpha value is -1.64. The van der Waals surface area contributed by atoms with Crippen LogP contribution in [0.5, 0.6) is 0 Å². The summed E-state index contributed by atoms with van der Waals surface area (Å²) in [6.45, 7) is 1.88. The van der Waals surface area contributed by atoms with E-state index >= 15 is 0 Å². The molecule has 0 spiro atoms. The zero-order valence-corrected chi connectivity index (χ0v) is 9.01. The molecule has 3 rings (SSSR count). The molecule has 2 nitrogen and oxygen atoms in total. The maximum Gasteiger partial charge on any atom is 0.192 e. The second-order valence-corrected chi connectivity index (χ2v) is 4.48. The molecule has 0 unspecified atom stereocenters. The molecule has 1 aromatic heterocycles. The molecule has 0 bridgehead atoms. The first-order chi connectivity index (χ1) is 7.66. The van der Waals surface area contributed by atoms with Crippen LogP contribution in [0, 0.1) is 12.7 Å². The van der Waals surface area contributed by atoms with Crippen LogP contribution in [0.4, 0.5) is 4.39 Å². The van der Waals surface area contributed by atoms with Gasteiger partial charge in [-0.1, -0.05) is 6.07 Å². The van der Waals surface area contributed by atoms with Crippen LogP contribution in [0.2, 0.25) is 0 Å². The smallest absolute Gasteiger partial charge is 0.192 e. The highest BCUT2D eigenvalue weighted by atomic mass is 19.1. The van der Waals surface area contributed by atoms with E-state index < -0.39 is 5.82 Å². The average molecular weight is 217 g/mol. The zero-order valence-electron chi connectivity index (χ0n) is 9.01. The summed E-state index contributed by atoms with van der Waals surface area (Å²) in [4.78, 5) is 15.0. The Morgan fingerprint density at radius 3 is 2.81 bits per heavy atom. The van der Waals surface area contributed by atoms with Crippen molar-refractivity contribution in [2.24, 2.45) is 0 Å². The summed E-state index contributed by atoms with van der Waals surface area (Å²) in [6, 6.07) is 4.59. The molecule has 82 valence electrons. The Labute approximate surface area is 92.1 Å². The number of rotatable bonds is 1. The van der Waals surface area contributed by atoms with E-state index in [4.69, 9.17) is 0 Å². The molecule has 1 aromatic carbocycles. The topological polar surface area (TPSA) is 32.9 Å².